The quantitative estimate of drug-likeness (QED) is 0.171. The van der Waals surface area contributed by atoms with Gasteiger partial charge in [0.15, 0.2) is 5.96 Å². The Morgan fingerprint density at radius 3 is 2.62 bits per heavy atom. The number of nitrogen functional groups attached to an aromatic ring is 1. The lowest BCUT2D eigenvalue weighted by atomic mass is 10.1. The molecule has 9 nitrogen and oxygen atoms in total. The molecule has 0 saturated heterocycles. The molecule has 170 valence electrons. The predicted octanol–water partition coefficient (Wildman–Crippen LogP) is 2.50. The Labute approximate surface area is 203 Å². The Balaban J connectivity index is 0.00000363. The second-order valence-corrected chi connectivity index (χ2v) is 6.88. The molecule has 0 saturated carbocycles. The highest BCUT2D eigenvalue weighted by molar-refractivity contribution is 14.0. The van der Waals surface area contributed by atoms with Crippen LogP contribution in [0.5, 0.6) is 0 Å². The summed E-state index contributed by atoms with van der Waals surface area (Å²) in [6.45, 7) is 3.91. The van der Waals surface area contributed by atoms with Crippen molar-refractivity contribution in [3.05, 3.63) is 59.3 Å². The third kappa shape index (κ3) is 6.19. The molecule has 11 heteroatoms. The molecule has 1 aromatic carbocycles. The fraction of sp³-hybridized carbons (Fsp3) is 0.333. The number of anilines is 1. The first-order chi connectivity index (χ1) is 15.0. The van der Waals surface area contributed by atoms with Crippen molar-refractivity contribution in [2.24, 2.45) is 12.0 Å². The molecular formula is C21H27FIN9. The average molecular weight is 551 g/mol. The maximum atomic E-state index is 13.2. The number of hydrogen-bond donors (Lipinski definition) is 3. The third-order valence-corrected chi connectivity index (χ3v) is 4.73. The normalized spacial score (nSPS) is 11.0. The molecule has 2 heterocycles. The van der Waals surface area contributed by atoms with Gasteiger partial charge in [0.1, 0.15) is 23.3 Å². The zero-order valence-corrected chi connectivity index (χ0v) is 20.4. The third-order valence-electron chi connectivity index (χ3n) is 4.73. The number of aliphatic imine (C=N–C) groups is 1. The Hall–Kier alpha value is -3.14. The van der Waals surface area contributed by atoms with Gasteiger partial charge >= 0.3 is 0 Å². The average Bonchev–Trinajstić information content (AvgIpc) is 3.32. The summed E-state index contributed by atoms with van der Waals surface area (Å²) in [7, 11) is 1.88. The Bertz CT molecular complexity index is 1080. The SMILES string of the molecule is CCNC(=NCc1ccnn1C)NCCCc1nn(-c2ccc(F)cc2)c(N)c1C#N.I. The molecule has 0 radical (unpaired) electrons. The minimum atomic E-state index is -0.345. The first-order valence-electron chi connectivity index (χ1n) is 10.1. The number of nitrogens with one attached hydrogen (secondary N) is 2. The van der Waals surface area contributed by atoms with Gasteiger partial charge in [0, 0.05) is 26.3 Å². The second kappa shape index (κ2) is 12.0. The number of rotatable bonds is 8. The summed E-state index contributed by atoms with van der Waals surface area (Å²) in [6, 6.07) is 9.88. The van der Waals surface area contributed by atoms with E-state index in [1.54, 1.807) is 23.0 Å². The zero-order valence-electron chi connectivity index (χ0n) is 18.0. The number of aromatic nitrogens is 4. The molecule has 0 atom stereocenters. The van der Waals surface area contributed by atoms with Crippen molar-refractivity contribution in [3.8, 4) is 11.8 Å². The van der Waals surface area contributed by atoms with Gasteiger partial charge in [-0.25, -0.2) is 14.1 Å². The zero-order chi connectivity index (χ0) is 22.2. The topological polar surface area (TPSA) is 122 Å². The molecule has 2 aromatic heterocycles. The van der Waals surface area contributed by atoms with E-state index in [9.17, 15) is 9.65 Å². The van der Waals surface area contributed by atoms with Gasteiger partial charge in [-0.05, 0) is 50.1 Å². The Morgan fingerprint density at radius 2 is 2.00 bits per heavy atom. The number of nitrogens with zero attached hydrogens (tertiary/aromatic N) is 6. The monoisotopic (exact) mass is 551 g/mol. The molecular weight excluding hydrogens is 524 g/mol. The van der Waals surface area contributed by atoms with E-state index in [1.807, 2.05) is 20.0 Å². The highest BCUT2D eigenvalue weighted by Crippen LogP contribution is 2.21. The Kier molecular flexibility index (Phi) is 9.45. The summed E-state index contributed by atoms with van der Waals surface area (Å²) < 4.78 is 16.5. The highest BCUT2D eigenvalue weighted by atomic mass is 127. The molecule has 0 aliphatic heterocycles. The van der Waals surface area contributed by atoms with E-state index in [4.69, 9.17) is 5.73 Å². The largest absolute Gasteiger partial charge is 0.382 e. The highest BCUT2D eigenvalue weighted by Gasteiger charge is 2.16. The molecule has 3 rings (SSSR count). The minimum absolute atomic E-state index is 0. The van der Waals surface area contributed by atoms with Crippen LogP contribution in [-0.2, 0) is 20.0 Å². The maximum absolute atomic E-state index is 13.2. The van der Waals surface area contributed by atoms with E-state index in [0.29, 0.717) is 42.4 Å². The van der Waals surface area contributed by atoms with Crippen LogP contribution in [0.3, 0.4) is 0 Å². The van der Waals surface area contributed by atoms with E-state index in [2.05, 4.69) is 31.9 Å². The van der Waals surface area contributed by atoms with Crippen LogP contribution >= 0.6 is 24.0 Å². The van der Waals surface area contributed by atoms with Crippen molar-refractivity contribution >= 4 is 35.8 Å². The molecule has 32 heavy (non-hydrogen) atoms. The van der Waals surface area contributed by atoms with E-state index in [1.165, 1.54) is 16.8 Å². The molecule has 0 spiro atoms. The molecule has 0 amide bonds. The van der Waals surface area contributed by atoms with Gasteiger partial charge in [0.2, 0.25) is 0 Å². The molecule has 0 fully saturated rings. The van der Waals surface area contributed by atoms with Crippen LogP contribution in [0.2, 0.25) is 0 Å². The van der Waals surface area contributed by atoms with Crippen molar-refractivity contribution in [1.29, 1.82) is 5.26 Å². The lowest BCUT2D eigenvalue weighted by Gasteiger charge is -2.11. The van der Waals surface area contributed by atoms with Gasteiger partial charge in [-0.15, -0.1) is 24.0 Å². The van der Waals surface area contributed by atoms with Gasteiger partial charge in [-0.1, -0.05) is 0 Å². The van der Waals surface area contributed by atoms with Crippen molar-refractivity contribution in [2.75, 3.05) is 18.8 Å². The van der Waals surface area contributed by atoms with Crippen LogP contribution in [-0.4, -0.2) is 38.6 Å². The van der Waals surface area contributed by atoms with Gasteiger partial charge < -0.3 is 16.4 Å². The first kappa shape index (κ1) is 25.1. The molecule has 0 aliphatic rings. The van der Waals surface area contributed by atoms with E-state index < -0.39 is 0 Å². The number of nitriles is 1. The van der Waals surface area contributed by atoms with Crippen LogP contribution < -0.4 is 16.4 Å². The predicted molar refractivity (Wildman–Crippen MR) is 132 cm³/mol. The maximum Gasteiger partial charge on any atom is 0.191 e. The molecule has 0 unspecified atom stereocenters. The number of halogens is 2. The molecule has 3 aromatic rings. The lowest BCUT2D eigenvalue weighted by Crippen LogP contribution is -2.38. The van der Waals surface area contributed by atoms with Crippen molar-refractivity contribution in [1.82, 2.24) is 30.2 Å². The van der Waals surface area contributed by atoms with Gasteiger partial charge in [-0.2, -0.15) is 15.5 Å². The number of aryl methyl sites for hydroxylation is 2. The van der Waals surface area contributed by atoms with Crippen LogP contribution in [0.25, 0.3) is 5.69 Å². The minimum Gasteiger partial charge on any atom is -0.382 e. The lowest BCUT2D eigenvalue weighted by molar-refractivity contribution is 0.627. The van der Waals surface area contributed by atoms with Crippen LogP contribution in [0, 0.1) is 17.1 Å². The second-order valence-electron chi connectivity index (χ2n) is 6.88. The molecule has 4 N–H and O–H groups in total. The smallest absolute Gasteiger partial charge is 0.191 e. The summed E-state index contributed by atoms with van der Waals surface area (Å²) >= 11 is 0. The first-order valence-corrected chi connectivity index (χ1v) is 10.1. The van der Waals surface area contributed by atoms with Gasteiger partial charge in [-0.3, -0.25) is 4.68 Å². The summed E-state index contributed by atoms with van der Waals surface area (Å²) in [5.74, 6) is 0.617. The van der Waals surface area contributed by atoms with Gasteiger partial charge in [0.05, 0.1) is 23.6 Å². The summed E-state index contributed by atoms with van der Waals surface area (Å²) in [5, 5.41) is 24.6. The van der Waals surface area contributed by atoms with Crippen molar-refractivity contribution in [2.45, 2.75) is 26.3 Å². The number of hydrogen-bond acceptors (Lipinski definition) is 5. The van der Waals surface area contributed by atoms with Crippen LogP contribution in [0.15, 0.2) is 41.5 Å². The fourth-order valence-electron chi connectivity index (χ4n) is 3.08. The standard InChI is InChI=1S/C21H26FN9.HI/c1-3-25-21(27-14-17-10-12-28-30(17)2)26-11-4-5-19-18(13-23)20(24)31(29-19)16-8-6-15(22)7-9-16;/h6-10,12H,3-5,11,14,24H2,1-2H3,(H2,25,26,27);1H. The van der Waals surface area contributed by atoms with E-state index in [0.717, 1.165) is 18.7 Å². The van der Waals surface area contributed by atoms with Crippen LogP contribution in [0.1, 0.15) is 30.3 Å². The van der Waals surface area contributed by atoms with Crippen molar-refractivity contribution < 1.29 is 4.39 Å². The van der Waals surface area contributed by atoms with Gasteiger partial charge in [0.25, 0.3) is 0 Å². The van der Waals surface area contributed by atoms with Crippen LogP contribution in [0.4, 0.5) is 10.2 Å². The summed E-state index contributed by atoms with van der Waals surface area (Å²) in [5.41, 5.74) is 8.69. The molecule has 0 aliphatic carbocycles. The summed E-state index contributed by atoms with van der Waals surface area (Å²) in [6.07, 6.45) is 3.04. The number of nitrogens with two attached hydrogens (primary N) is 1. The fourth-order valence-corrected chi connectivity index (χ4v) is 3.08. The number of guanidine groups is 1. The van der Waals surface area contributed by atoms with E-state index in [-0.39, 0.29) is 35.6 Å². The summed E-state index contributed by atoms with van der Waals surface area (Å²) in [4.78, 5) is 4.57. The number of benzene rings is 1. The van der Waals surface area contributed by atoms with E-state index >= 15 is 0 Å². The Morgan fingerprint density at radius 1 is 1.25 bits per heavy atom. The molecule has 0 bridgehead atoms. The van der Waals surface area contributed by atoms with Crippen molar-refractivity contribution in [3.63, 3.8) is 0 Å².